The molecule has 0 saturated carbocycles. The number of nitrogens with two attached hydrogens (primary N) is 1. The second-order valence-electron chi connectivity index (χ2n) is 4.56. The molecule has 20 heavy (non-hydrogen) atoms. The molecule has 0 amide bonds. The molecule has 6 heteroatoms. The maximum atomic E-state index is 13.8. The molecule has 1 aromatic heterocycles. The Labute approximate surface area is 117 Å². The first-order chi connectivity index (χ1) is 9.55. The van der Waals surface area contributed by atoms with Crippen molar-refractivity contribution in [2.24, 2.45) is 7.05 Å². The number of rotatable bonds is 5. The van der Waals surface area contributed by atoms with E-state index >= 15 is 0 Å². The molecular weight excluding hydrogens is 259 g/mol. The van der Waals surface area contributed by atoms with Crippen LogP contribution in [-0.2, 0) is 20.0 Å². The zero-order valence-corrected chi connectivity index (χ0v) is 11.9. The van der Waals surface area contributed by atoms with E-state index < -0.39 is 5.82 Å². The summed E-state index contributed by atoms with van der Waals surface area (Å²) < 4.78 is 20.7. The summed E-state index contributed by atoms with van der Waals surface area (Å²) in [6, 6.07) is 2.82. The van der Waals surface area contributed by atoms with Gasteiger partial charge in [0.2, 0.25) is 0 Å². The van der Waals surface area contributed by atoms with Crippen molar-refractivity contribution in [3.8, 4) is 5.75 Å². The highest BCUT2D eigenvalue weighted by Gasteiger charge is 2.10. The molecule has 0 saturated heterocycles. The highest BCUT2D eigenvalue weighted by Crippen LogP contribution is 2.28. The van der Waals surface area contributed by atoms with E-state index in [1.807, 2.05) is 20.2 Å². The minimum Gasteiger partial charge on any atom is -0.495 e. The van der Waals surface area contributed by atoms with Gasteiger partial charge in [-0.1, -0.05) is 6.92 Å². The summed E-state index contributed by atoms with van der Waals surface area (Å²) >= 11 is 0. The van der Waals surface area contributed by atoms with Gasteiger partial charge in [-0.05, 0) is 6.42 Å². The number of nitrogens with zero attached hydrogens (tertiary/aromatic N) is 2. The number of halogens is 1. The number of ether oxygens (including phenoxy) is 1. The van der Waals surface area contributed by atoms with Crippen molar-refractivity contribution in [1.29, 1.82) is 0 Å². The van der Waals surface area contributed by atoms with Gasteiger partial charge in [0.1, 0.15) is 11.6 Å². The van der Waals surface area contributed by atoms with Gasteiger partial charge in [0, 0.05) is 37.5 Å². The third-order valence-corrected chi connectivity index (χ3v) is 3.12. The summed E-state index contributed by atoms with van der Waals surface area (Å²) in [4.78, 5) is 0. The Morgan fingerprint density at radius 1 is 1.45 bits per heavy atom. The van der Waals surface area contributed by atoms with E-state index in [4.69, 9.17) is 10.5 Å². The third-order valence-electron chi connectivity index (χ3n) is 3.12. The van der Waals surface area contributed by atoms with Gasteiger partial charge < -0.3 is 15.8 Å². The van der Waals surface area contributed by atoms with Crippen LogP contribution >= 0.6 is 0 Å². The predicted octanol–water partition coefficient (Wildman–Crippen LogP) is 2.32. The summed E-state index contributed by atoms with van der Waals surface area (Å²) in [6.45, 7) is 2.54. The number of nitrogen functional groups attached to an aromatic ring is 1. The van der Waals surface area contributed by atoms with Crippen molar-refractivity contribution in [3.05, 3.63) is 35.4 Å². The molecular formula is C14H19FN4O. The molecule has 0 spiro atoms. The van der Waals surface area contributed by atoms with Gasteiger partial charge in [-0.15, -0.1) is 0 Å². The van der Waals surface area contributed by atoms with E-state index in [2.05, 4.69) is 10.4 Å². The van der Waals surface area contributed by atoms with Crippen molar-refractivity contribution >= 4 is 11.4 Å². The van der Waals surface area contributed by atoms with Crippen LogP contribution in [0.2, 0.25) is 0 Å². The molecule has 108 valence electrons. The number of benzene rings is 1. The van der Waals surface area contributed by atoms with Crippen LogP contribution < -0.4 is 15.8 Å². The molecule has 0 fully saturated rings. The molecule has 2 rings (SSSR count). The maximum absolute atomic E-state index is 13.8. The van der Waals surface area contributed by atoms with E-state index in [9.17, 15) is 4.39 Å². The van der Waals surface area contributed by atoms with Gasteiger partial charge in [-0.2, -0.15) is 5.10 Å². The number of aromatic nitrogens is 2. The average Bonchev–Trinajstić information content (AvgIpc) is 2.78. The molecule has 2 aromatic rings. The first-order valence-electron chi connectivity index (χ1n) is 6.43. The molecule has 5 nitrogen and oxygen atoms in total. The van der Waals surface area contributed by atoms with Crippen LogP contribution in [0.3, 0.4) is 0 Å². The Morgan fingerprint density at radius 2 is 2.20 bits per heavy atom. The highest BCUT2D eigenvalue weighted by molar-refractivity contribution is 5.62. The standard InChI is InChI=1S/C14H19FN4O/c1-4-12-9(8-19(2)18-12)7-17-13-6-14(20-3)11(16)5-10(13)15/h5-6,8,17H,4,7,16H2,1-3H3. The average molecular weight is 278 g/mol. The number of anilines is 2. The lowest BCUT2D eigenvalue weighted by Gasteiger charge is -2.11. The Bertz CT molecular complexity index is 609. The van der Waals surface area contributed by atoms with Gasteiger partial charge in [0.25, 0.3) is 0 Å². The lowest BCUT2D eigenvalue weighted by atomic mass is 10.2. The molecule has 0 aliphatic carbocycles. The maximum Gasteiger partial charge on any atom is 0.148 e. The van der Waals surface area contributed by atoms with Crippen LogP contribution in [0.15, 0.2) is 18.3 Å². The van der Waals surface area contributed by atoms with Crippen LogP contribution in [-0.4, -0.2) is 16.9 Å². The highest BCUT2D eigenvalue weighted by atomic mass is 19.1. The van der Waals surface area contributed by atoms with Crippen molar-refractivity contribution in [2.75, 3.05) is 18.2 Å². The number of aryl methyl sites for hydroxylation is 2. The SMILES string of the molecule is CCc1nn(C)cc1CNc1cc(OC)c(N)cc1F. The van der Waals surface area contributed by atoms with Crippen LogP contribution in [0.5, 0.6) is 5.75 Å². The van der Waals surface area contributed by atoms with Crippen LogP contribution in [0.1, 0.15) is 18.2 Å². The van der Waals surface area contributed by atoms with Gasteiger partial charge in [-0.25, -0.2) is 4.39 Å². The Morgan fingerprint density at radius 3 is 2.85 bits per heavy atom. The van der Waals surface area contributed by atoms with Gasteiger partial charge in [0.15, 0.2) is 0 Å². The lowest BCUT2D eigenvalue weighted by Crippen LogP contribution is -2.04. The van der Waals surface area contributed by atoms with Crippen molar-refractivity contribution in [1.82, 2.24) is 9.78 Å². The molecule has 1 heterocycles. The van der Waals surface area contributed by atoms with Crippen molar-refractivity contribution < 1.29 is 9.13 Å². The van der Waals surface area contributed by atoms with E-state index in [1.165, 1.54) is 13.2 Å². The minimum absolute atomic E-state index is 0.283. The van der Waals surface area contributed by atoms with E-state index in [-0.39, 0.29) is 5.69 Å². The monoisotopic (exact) mass is 278 g/mol. The Balaban J connectivity index is 2.18. The Kier molecular flexibility index (Phi) is 4.12. The number of hydrogen-bond donors (Lipinski definition) is 2. The van der Waals surface area contributed by atoms with Crippen molar-refractivity contribution in [2.45, 2.75) is 19.9 Å². The molecule has 0 radical (unpaired) electrons. The summed E-state index contributed by atoms with van der Waals surface area (Å²) in [5.41, 5.74) is 8.35. The first-order valence-corrected chi connectivity index (χ1v) is 6.43. The van der Waals surface area contributed by atoms with Crippen LogP contribution in [0.4, 0.5) is 15.8 Å². The number of nitrogens with one attached hydrogen (secondary N) is 1. The predicted molar refractivity (Wildman–Crippen MR) is 77.3 cm³/mol. The second kappa shape index (κ2) is 5.81. The van der Waals surface area contributed by atoms with Crippen LogP contribution in [0.25, 0.3) is 0 Å². The lowest BCUT2D eigenvalue weighted by molar-refractivity contribution is 0.416. The largest absolute Gasteiger partial charge is 0.495 e. The molecule has 1 aromatic carbocycles. The quantitative estimate of drug-likeness (QED) is 0.824. The van der Waals surface area contributed by atoms with Gasteiger partial charge in [-0.3, -0.25) is 4.68 Å². The zero-order valence-electron chi connectivity index (χ0n) is 11.9. The van der Waals surface area contributed by atoms with Crippen molar-refractivity contribution in [3.63, 3.8) is 0 Å². The van der Waals surface area contributed by atoms with E-state index in [0.29, 0.717) is 18.0 Å². The van der Waals surface area contributed by atoms with Gasteiger partial charge in [0.05, 0.1) is 24.2 Å². The molecule has 0 bridgehead atoms. The summed E-state index contributed by atoms with van der Waals surface area (Å²) in [5, 5.41) is 7.41. The normalized spacial score (nSPS) is 10.6. The zero-order chi connectivity index (χ0) is 14.7. The molecule has 0 unspecified atom stereocenters. The van der Waals surface area contributed by atoms with Gasteiger partial charge >= 0.3 is 0 Å². The number of methoxy groups -OCH3 is 1. The smallest absolute Gasteiger partial charge is 0.148 e. The topological polar surface area (TPSA) is 65.1 Å². The molecule has 3 N–H and O–H groups in total. The fourth-order valence-corrected chi connectivity index (χ4v) is 2.10. The Hall–Kier alpha value is -2.24. The molecule has 0 aliphatic heterocycles. The van der Waals surface area contributed by atoms with E-state index in [0.717, 1.165) is 17.7 Å². The first kappa shape index (κ1) is 14.2. The minimum atomic E-state index is -0.398. The molecule has 0 atom stereocenters. The van der Waals surface area contributed by atoms with Crippen LogP contribution in [0, 0.1) is 5.82 Å². The number of hydrogen-bond acceptors (Lipinski definition) is 4. The summed E-state index contributed by atoms with van der Waals surface area (Å²) in [6.07, 6.45) is 2.77. The molecule has 0 aliphatic rings. The summed E-state index contributed by atoms with van der Waals surface area (Å²) in [5.74, 6) is 0.0565. The second-order valence-corrected chi connectivity index (χ2v) is 4.56. The third kappa shape index (κ3) is 2.84. The van der Waals surface area contributed by atoms with E-state index in [1.54, 1.807) is 10.7 Å². The summed E-state index contributed by atoms with van der Waals surface area (Å²) in [7, 11) is 3.37. The fourth-order valence-electron chi connectivity index (χ4n) is 2.10. The fraction of sp³-hybridized carbons (Fsp3) is 0.357.